The number of carbonyl (C=O) groups is 1. The van der Waals surface area contributed by atoms with Crippen molar-refractivity contribution in [2.75, 3.05) is 0 Å². The lowest BCUT2D eigenvalue weighted by Crippen LogP contribution is -2.02. The highest BCUT2D eigenvalue weighted by Crippen LogP contribution is 2.13. The van der Waals surface area contributed by atoms with Crippen LogP contribution in [0.15, 0.2) is 35.7 Å². The molecule has 0 aliphatic rings. The molecule has 0 N–H and O–H groups in total. The van der Waals surface area contributed by atoms with E-state index in [1.807, 2.05) is 6.92 Å². The Labute approximate surface area is 80.6 Å². The van der Waals surface area contributed by atoms with Crippen LogP contribution in [0.4, 0.5) is 0 Å². The molecule has 0 saturated heterocycles. The summed E-state index contributed by atoms with van der Waals surface area (Å²) in [4.78, 5) is 19.4. The van der Waals surface area contributed by atoms with Gasteiger partial charge in [-0.1, -0.05) is 0 Å². The van der Waals surface area contributed by atoms with Gasteiger partial charge < -0.3 is 4.42 Å². The fourth-order valence-corrected chi connectivity index (χ4v) is 1.16. The number of carbonyl (C=O) groups excluding carboxylic acids is 1. The molecule has 0 unspecified atom stereocenters. The third-order valence-electron chi connectivity index (χ3n) is 1.92. The van der Waals surface area contributed by atoms with E-state index in [-0.39, 0.29) is 5.78 Å². The molecule has 0 saturated carbocycles. The van der Waals surface area contributed by atoms with Gasteiger partial charge in [0.15, 0.2) is 5.78 Å². The third-order valence-corrected chi connectivity index (χ3v) is 1.92. The molecule has 0 aromatic carbocycles. The van der Waals surface area contributed by atoms with Crippen LogP contribution in [0.25, 0.3) is 0 Å². The van der Waals surface area contributed by atoms with Crippen LogP contribution in [0, 0.1) is 6.92 Å². The van der Waals surface area contributed by atoms with Gasteiger partial charge in [-0.25, -0.2) is 9.97 Å². The molecule has 0 atom stereocenters. The minimum absolute atomic E-state index is 0.114. The van der Waals surface area contributed by atoms with E-state index in [1.54, 1.807) is 0 Å². The Bertz CT molecular complexity index is 448. The van der Waals surface area contributed by atoms with Crippen LogP contribution in [-0.2, 0) is 0 Å². The van der Waals surface area contributed by atoms with Crippen molar-refractivity contribution < 1.29 is 9.21 Å². The molecule has 2 rings (SSSR count). The lowest BCUT2D eigenvalue weighted by molar-refractivity contribution is 0.103. The summed E-state index contributed by atoms with van der Waals surface area (Å²) in [6, 6.07) is 0. The molecule has 0 radical (unpaired) electrons. The molecule has 0 fully saturated rings. The van der Waals surface area contributed by atoms with Gasteiger partial charge in [-0.15, -0.1) is 0 Å². The lowest BCUT2D eigenvalue weighted by atomic mass is 10.1. The van der Waals surface area contributed by atoms with Gasteiger partial charge in [0, 0.05) is 12.4 Å². The second-order valence-electron chi connectivity index (χ2n) is 2.92. The van der Waals surface area contributed by atoms with E-state index < -0.39 is 0 Å². The maximum atomic E-state index is 11.8. The minimum atomic E-state index is -0.114. The SMILES string of the molecule is Cc1cocc1C(=O)c1cncnc1. The van der Waals surface area contributed by atoms with Crippen LogP contribution >= 0.6 is 0 Å². The molecule has 0 aliphatic heterocycles. The summed E-state index contributed by atoms with van der Waals surface area (Å²) in [7, 11) is 0. The highest BCUT2D eigenvalue weighted by molar-refractivity contribution is 6.09. The van der Waals surface area contributed by atoms with Crippen molar-refractivity contribution in [3.8, 4) is 0 Å². The number of rotatable bonds is 2. The molecule has 2 aromatic heterocycles. The van der Waals surface area contributed by atoms with Gasteiger partial charge >= 0.3 is 0 Å². The normalized spacial score (nSPS) is 10.1. The highest BCUT2D eigenvalue weighted by atomic mass is 16.3. The second kappa shape index (κ2) is 3.41. The van der Waals surface area contributed by atoms with Gasteiger partial charge in [0.25, 0.3) is 0 Å². The van der Waals surface area contributed by atoms with Crippen molar-refractivity contribution >= 4 is 5.78 Å². The summed E-state index contributed by atoms with van der Waals surface area (Å²) in [5.41, 5.74) is 1.84. The number of hydrogen-bond acceptors (Lipinski definition) is 4. The van der Waals surface area contributed by atoms with Crippen LogP contribution < -0.4 is 0 Å². The van der Waals surface area contributed by atoms with Crippen LogP contribution in [-0.4, -0.2) is 15.8 Å². The molecular formula is C10H8N2O2. The Hall–Kier alpha value is -1.97. The zero-order chi connectivity index (χ0) is 9.97. The largest absolute Gasteiger partial charge is 0.472 e. The van der Waals surface area contributed by atoms with Gasteiger partial charge in [0.2, 0.25) is 0 Å². The smallest absolute Gasteiger partial charge is 0.199 e. The van der Waals surface area contributed by atoms with Gasteiger partial charge in [-0.3, -0.25) is 4.79 Å². The molecule has 14 heavy (non-hydrogen) atoms. The minimum Gasteiger partial charge on any atom is -0.472 e. The van der Waals surface area contributed by atoms with Crippen molar-refractivity contribution in [3.05, 3.63) is 47.9 Å². The Kier molecular flexibility index (Phi) is 2.10. The van der Waals surface area contributed by atoms with Gasteiger partial charge in [-0.2, -0.15) is 0 Å². The third kappa shape index (κ3) is 1.42. The number of nitrogens with zero attached hydrogens (tertiary/aromatic N) is 2. The number of furan rings is 1. The zero-order valence-electron chi connectivity index (χ0n) is 7.60. The maximum absolute atomic E-state index is 11.8. The molecule has 0 bridgehead atoms. The van der Waals surface area contributed by atoms with Gasteiger partial charge in [0.05, 0.1) is 17.4 Å². The van der Waals surface area contributed by atoms with E-state index in [0.29, 0.717) is 11.1 Å². The first-order valence-electron chi connectivity index (χ1n) is 4.11. The Balaban J connectivity index is 2.39. The number of hydrogen-bond donors (Lipinski definition) is 0. The summed E-state index contributed by atoms with van der Waals surface area (Å²) < 4.78 is 4.93. The van der Waals surface area contributed by atoms with Crippen molar-refractivity contribution in [2.45, 2.75) is 6.92 Å². The Morgan fingerprint density at radius 2 is 2.00 bits per heavy atom. The maximum Gasteiger partial charge on any atom is 0.199 e. The Morgan fingerprint density at radius 1 is 1.29 bits per heavy atom. The quantitative estimate of drug-likeness (QED) is 0.672. The molecule has 4 nitrogen and oxygen atoms in total. The number of aromatic nitrogens is 2. The monoisotopic (exact) mass is 188 g/mol. The molecule has 0 spiro atoms. The Morgan fingerprint density at radius 3 is 2.57 bits per heavy atom. The van der Waals surface area contributed by atoms with Crippen LogP contribution in [0.2, 0.25) is 0 Å². The lowest BCUT2D eigenvalue weighted by Gasteiger charge is -1.96. The number of aryl methyl sites for hydroxylation is 1. The first kappa shape index (κ1) is 8.62. The first-order chi connectivity index (χ1) is 6.79. The van der Waals surface area contributed by atoms with E-state index in [0.717, 1.165) is 5.56 Å². The van der Waals surface area contributed by atoms with Crippen molar-refractivity contribution in [1.82, 2.24) is 9.97 Å². The molecular weight excluding hydrogens is 180 g/mol. The molecule has 0 amide bonds. The van der Waals surface area contributed by atoms with E-state index in [1.165, 1.54) is 31.2 Å². The summed E-state index contributed by atoms with van der Waals surface area (Å²) in [6.45, 7) is 1.82. The van der Waals surface area contributed by atoms with Gasteiger partial charge in [-0.05, 0) is 12.5 Å². The predicted octanol–water partition coefficient (Wildman–Crippen LogP) is 1.61. The van der Waals surface area contributed by atoms with E-state index >= 15 is 0 Å². The fourth-order valence-electron chi connectivity index (χ4n) is 1.16. The molecule has 0 aliphatic carbocycles. The number of ketones is 1. The zero-order valence-corrected chi connectivity index (χ0v) is 7.60. The highest BCUT2D eigenvalue weighted by Gasteiger charge is 2.13. The summed E-state index contributed by atoms with van der Waals surface area (Å²) in [5, 5.41) is 0. The molecule has 2 aromatic rings. The van der Waals surface area contributed by atoms with Gasteiger partial charge in [0.1, 0.15) is 12.6 Å². The molecule has 2 heterocycles. The standard InChI is InChI=1S/C10H8N2O2/c1-7-4-14-5-9(7)10(13)8-2-11-6-12-3-8/h2-6H,1H3. The summed E-state index contributed by atoms with van der Waals surface area (Å²) >= 11 is 0. The topological polar surface area (TPSA) is 56.0 Å². The fraction of sp³-hybridized carbons (Fsp3) is 0.100. The predicted molar refractivity (Wildman–Crippen MR) is 48.9 cm³/mol. The van der Waals surface area contributed by atoms with Crippen molar-refractivity contribution in [3.63, 3.8) is 0 Å². The first-order valence-corrected chi connectivity index (χ1v) is 4.11. The van der Waals surface area contributed by atoms with Crippen molar-refractivity contribution in [1.29, 1.82) is 0 Å². The molecule has 70 valence electrons. The van der Waals surface area contributed by atoms with Crippen LogP contribution in [0.1, 0.15) is 21.5 Å². The van der Waals surface area contributed by atoms with Crippen molar-refractivity contribution in [2.24, 2.45) is 0 Å². The summed E-state index contributed by atoms with van der Waals surface area (Å²) in [5.74, 6) is -0.114. The second-order valence-corrected chi connectivity index (χ2v) is 2.92. The van der Waals surface area contributed by atoms with E-state index in [9.17, 15) is 4.79 Å². The van der Waals surface area contributed by atoms with E-state index in [2.05, 4.69) is 9.97 Å². The average molecular weight is 188 g/mol. The van der Waals surface area contributed by atoms with Crippen LogP contribution in [0.5, 0.6) is 0 Å². The average Bonchev–Trinajstić information content (AvgIpc) is 2.65. The molecule has 4 heteroatoms. The summed E-state index contributed by atoms with van der Waals surface area (Å²) in [6.07, 6.45) is 7.34. The van der Waals surface area contributed by atoms with E-state index in [4.69, 9.17) is 4.42 Å². The van der Waals surface area contributed by atoms with Crippen LogP contribution in [0.3, 0.4) is 0 Å².